The Kier molecular flexibility index (Phi) is 7.04. The van der Waals surface area contributed by atoms with Crippen LogP contribution in [0, 0.1) is 5.82 Å². The molecule has 0 saturated heterocycles. The van der Waals surface area contributed by atoms with Crippen molar-refractivity contribution in [1.82, 2.24) is 4.31 Å². The molecule has 0 fully saturated rings. The van der Waals surface area contributed by atoms with Crippen LogP contribution in [0.2, 0.25) is 0 Å². The number of nitrogens with zero attached hydrogens (tertiary/aromatic N) is 1. The van der Waals surface area contributed by atoms with Crippen LogP contribution in [0.5, 0.6) is 0 Å². The van der Waals surface area contributed by atoms with Gasteiger partial charge in [0.25, 0.3) is 0 Å². The fraction of sp³-hybridized carbons (Fsp3) is 0.300. The zero-order chi connectivity index (χ0) is 20.9. The van der Waals surface area contributed by atoms with Gasteiger partial charge in [0.05, 0.1) is 4.90 Å². The van der Waals surface area contributed by atoms with Crippen LogP contribution in [-0.2, 0) is 14.8 Å². The highest BCUT2D eigenvalue weighted by atomic mass is 32.2. The second-order valence-electron chi connectivity index (χ2n) is 6.62. The molecule has 0 unspecified atom stereocenters. The van der Waals surface area contributed by atoms with Gasteiger partial charge in [-0.15, -0.1) is 0 Å². The normalized spacial score (nSPS) is 11.6. The van der Waals surface area contributed by atoms with E-state index in [-0.39, 0.29) is 35.5 Å². The van der Waals surface area contributed by atoms with E-state index >= 15 is 0 Å². The average Bonchev–Trinajstić information content (AvgIpc) is 2.66. The van der Waals surface area contributed by atoms with E-state index in [0.29, 0.717) is 11.3 Å². The van der Waals surface area contributed by atoms with E-state index in [0.717, 1.165) is 0 Å². The second-order valence-corrected chi connectivity index (χ2v) is 8.62. The number of hydrogen-bond acceptors (Lipinski definition) is 4. The maximum atomic E-state index is 12.9. The summed E-state index contributed by atoms with van der Waals surface area (Å²) in [5.41, 5.74) is 0.781. The number of rotatable bonds is 8. The summed E-state index contributed by atoms with van der Waals surface area (Å²) < 4.78 is 39.0. The van der Waals surface area contributed by atoms with Crippen molar-refractivity contribution in [3.05, 3.63) is 59.9 Å². The number of sulfonamides is 1. The van der Waals surface area contributed by atoms with Gasteiger partial charge in [-0.05, 0) is 62.4 Å². The van der Waals surface area contributed by atoms with Gasteiger partial charge in [-0.1, -0.05) is 0 Å². The van der Waals surface area contributed by atoms with Crippen LogP contribution in [0.3, 0.4) is 0 Å². The topological polar surface area (TPSA) is 83.6 Å². The van der Waals surface area contributed by atoms with Gasteiger partial charge in [-0.25, -0.2) is 12.8 Å². The molecular weight excluding hydrogens is 383 g/mol. The highest BCUT2D eigenvalue weighted by Crippen LogP contribution is 2.19. The van der Waals surface area contributed by atoms with E-state index in [9.17, 15) is 22.4 Å². The number of halogens is 1. The average molecular weight is 406 g/mol. The summed E-state index contributed by atoms with van der Waals surface area (Å²) in [4.78, 5) is 24.2. The Labute approximate surface area is 164 Å². The smallest absolute Gasteiger partial charge is 0.243 e. The molecule has 1 amide bonds. The molecule has 2 aromatic carbocycles. The zero-order valence-corrected chi connectivity index (χ0v) is 16.8. The first-order chi connectivity index (χ1) is 13.1. The molecule has 1 N–H and O–H groups in total. The first-order valence-electron chi connectivity index (χ1n) is 8.78. The monoisotopic (exact) mass is 406 g/mol. The van der Waals surface area contributed by atoms with Crippen molar-refractivity contribution in [1.29, 1.82) is 0 Å². The summed E-state index contributed by atoms with van der Waals surface area (Å²) >= 11 is 0. The van der Waals surface area contributed by atoms with E-state index in [1.807, 2.05) is 0 Å². The molecule has 0 radical (unpaired) electrons. The van der Waals surface area contributed by atoms with Gasteiger partial charge in [0, 0.05) is 37.2 Å². The molecule has 150 valence electrons. The van der Waals surface area contributed by atoms with Gasteiger partial charge in [0.1, 0.15) is 5.82 Å². The van der Waals surface area contributed by atoms with Crippen molar-refractivity contribution >= 4 is 27.4 Å². The Morgan fingerprint density at radius 1 is 1.00 bits per heavy atom. The number of hydrogen-bond donors (Lipinski definition) is 1. The third kappa shape index (κ3) is 5.46. The Hall–Kier alpha value is -2.58. The van der Waals surface area contributed by atoms with Gasteiger partial charge in [0.2, 0.25) is 15.9 Å². The van der Waals surface area contributed by atoms with E-state index in [2.05, 4.69) is 5.32 Å². The molecule has 0 aliphatic carbocycles. The van der Waals surface area contributed by atoms with Crippen LogP contribution < -0.4 is 5.32 Å². The van der Waals surface area contributed by atoms with Crippen LogP contribution in [0.25, 0.3) is 0 Å². The quantitative estimate of drug-likeness (QED) is 0.681. The number of amides is 1. The third-order valence-corrected chi connectivity index (χ3v) is 6.34. The SMILES string of the molecule is CC(C)N(C)S(=O)(=O)c1ccc(NC(=O)CCC(=O)c2ccc(F)cc2)cc1. The fourth-order valence-corrected chi connectivity index (χ4v) is 3.75. The minimum absolute atomic E-state index is 0.0108. The molecule has 0 bridgehead atoms. The number of anilines is 1. The molecule has 0 aliphatic rings. The molecule has 0 heterocycles. The van der Waals surface area contributed by atoms with Crippen molar-refractivity contribution in [2.75, 3.05) is 12.4 Å². The minimum Gasteiger partial charge on any atom is -0.326 e. The first-order valence-corrected chi connectivity index (χ1v) is 10.2. The molecule has 0 aliphatic heterocycles. The molecular formula is C20H23FN2O4S. The number of benzene rings is 2. The highest BCUT2D eigenvalue weighted by Gasteiger charge is 2.22. The largest absolute Gasteiger partial charge is 0.326 e. The van der Waals surface area contributed by atoms with E-state index in [4.69, 9.17) is 0 Å². The number of nitrogens with one attached hydrogen (secondary N) is 1. The predicted molar refractivity (Wildman–Crippen MR) is 105 cm³/mol. The lowest BCUT2D eigenvalue weighted by molar-refractivity contribution is -0.116. The molecule has 8 heteroatoms. The molecule has 6 nitrogen and oxygen atoms in total. The van der Waals surface area contributed by atoms with Gasteiger partial charge in [0.15, 0.2) is 5.78 Å². The van der Waals surface area contributed by atoms with Crippen molar-refractivity contribution in [3.63, 3.8) is 0 Å². The van der Waals surface area contributed by atoms with Crippen LogP contribution in [0.15, 0.2) is 53.4 Å². The standard InChI is InChI=1S/C20H23FN2O4S/c1-14(2)23(3)28(26,27)18-10-8-17(9-11-18)22-20(25)13-12-19(24)15-4-6-16(21)7-5-15/h4-11,14H,12-13H2,1-3H3,(H,22,25). The zero-order valence-electron chi connectivity index (χ0n) is 16.0. The predicted octanol–water partition coefficient (Wildman–Crippen LogP) is 3.46. The lowest BCUT2D eigenvalue weighted by Gasteiger charge is -2.21. The molecule has 0 spiro atoms. The van der Waals surface area contributed by atoms with Crippen LogP contribution in [0.1, 0.15) is 37.0 Å². The number of ketones is 1. The van der Waals surface area contributed by atoms with E-state index in [1.54, 1.807) is 13.8 Å². The van der Waals surface area contributed by atoms with Gasteiger partial charge in [-0.2, -0.15) is 4.31 Å². The number of Topliss-reactive ketones (excluding diaryl/α,β-unsaturated/α-hetero) is 1. The maximum Gasteiger partial charge on any atom is 0.243 e. The van der Waals surface area contributed by atoms with E-state index in [1.165, 1.54) is 59.9 Å². The Morgan fingerprint density at radius 2 is 1.57 bits per heavy atom. The fourth-order valence-electron chi connectivity index (χ4n) is 2.38. The summed E-state index contributed by atoms with van der Waals surface area (Å²) in [5.74, 6) is -1.06. The third-order valence-electron chi connectivity index (χ3n) is 4.29. The van der Waals surface area contributed by atoms with Crippen molar-refractivity contribution in [3.8, 4) is 0 Å². The van der Waals surface area contributed by atoms with Crippen molar-refractivity contribution in [2.24, 2.45) is 0 Å². The van der Waals surface area contributed by atoms with Crippen molar-refractivity contribution < 1.29 is 22.4 Å². The first kappa shape index (κ1) is 21.7. The molecule has 2 aromatic rings. The van der Waals surface area contributed by atoms with Crippen LogP contribution in [-0.4, -0.2) is 37.5 Å². The Morgan fingerprint density at radius 3 is 2.11 bits per heavy atom. The summed E-state index contributed by atoms with van der Waals surface area (Å²) in [6.45, 7) is 3.55. The highest BCUT2D eigenvalue weighted by molar-refractivity contribution is 7.89. The van der Waals surface area contributed by atoms with Crippen LogP contribution >= 0.6 is 0 Å². The molecule has 28 heavy (non-hydrogen) atoms. The summed E-state index contributed by atoms with van der Waals surface area (Å²) in [6, 6.07) is 10.8. The maximum absolute atomic E-state index is 12.9. The van der Waals surface area contributed by atoms with Crippen LogP contribution in [0.4, 0.5) is 10.1 Å². The lowest BCUT2D eigenvalue weighted by Crippen LogP contribution is -2.33. The van der Waals surface area contributed by atoms with Crippen molar-refractivity contribution in [2.45, 2.75) is 37.6 Å². The van der Waals surface area contributed by atoms with E-state index < -0.39 is 15.8 Å². The molecule has 0 atom stereocenters. The second kappa shape index (κ2) is 9.07. The minimum atomic E-state index is -3.59. The van der Waals surface area contributed by atoms with Gasteiger partial charge < -0.3 is 5.32 Å². The molecule has 2 rings (SSSR count). The Balaban J connectivity index is 1.94. The summed E-state index contributed by atoms with van der Waals surface area (Å²) in [5, 5.41) is 2.63. The summed E-state index contributed by atoms with van der Waals surface area (Å²) in [6.07, 6.45) is -0.0462. The summed E-state index contributed by atoms with van der Waals surface area (Å²) in [7, 11) is -2.08. The Bertz CT molecular complexity index is 939. The number of carbonyl (C=O) groups excluding carboxylic acids is 2. The molecule has 0 saturated carbocycles. The van der Waals surface area contributed by atoms with Gasteiger partial charge in [-0.3, -0.25) is 9.59 Å². The molecule has 0 aromatic heterocycles. The van der Waals surface area contributed by atoms with Gasteiger partial charge >= 0.3 is 0 Å². The lowest BCUT2D eigenvalue weighted by atomic mass is 10.1. The number of carbonyl (C=O) groups is 2.